The molecule has 2 aromatic carbocycles. The normalized spacial score (nSPS) is 13.1. The average Bonchev–Trinajstić information content (AvgIpc) is 2.38. The highest BCUT2D eigenvalue weighted by Gasteiger charge is 2.31. The van der Waals surface area contributed by atoms with Gasteiger partial charge in [0, 0.05) is 5.02 Å². The Balaban J connectivity index is 2.15. The molecular formula is C14H11ClF3NO. The standard InChI is InChI=1S/C14H11ClF3NO/c15-11-5-1-9(2-6-11)13(19)10-3-7-12(8-4-10)20-14(16,17)18/h1-8,13H,19H2/t13-/m1/s1. The molecule has 0 unspecified atom stereocenters. The molecule has 0 spiro atoms. The lowest BCUT2D eigenvalue weighted by atomic mass is 10.00. The third kappa shape index (κ3) is 3.88. The number of nitrogens with two attached hydrogens (primary N) is 1. The van der Waals surface area contributed by atoms with Crippen LogP contribution >= 0.6 is 11.6 Å². The molecule has 2 aromatic rings. The first-order chi connectivity index (χ1) is 9.35. The van der Waals surface area contributed by atoms with Gasteiger partial charge in [-0.2, -0.15) is 0 Å². The predicted octanol–water partition coefficient (Wildman–Crippen LogP) is 4.29. The molecule has 0 aliphatic carbocycles. The molecule has 0 aromatic heterocycles. The van der Waals surface area contributed by atoms with Gasteiger partial charge < -0.3 is 10.5 Å². The summed E-state index contributed by atoms with van der Waals surface area (Å²) < 4.78 is 39.9. The molecule has 0 saturated carbocycles. The van der Waals surface area contributed by atoms with Crippen molar-refractivity contribution in [3.8, 4) is 5.75 Å². The number of benzene rings is 2. The first-order valence-corrected chi connectivity index (χ1v) is 6.10. The van der Waals surface area contributed by atoms with Gasteiger partial charge in [0.2, 0.25) is 0 Å². The fraction of sp³-hybridized carbons (Fsp3) is 0.143. The summed E-state index contributed by atoms with van der Waals surface area (Å²) in [6.07, 6.45) is -4.69. The number of halogens is 4. The Bertz CT molecular complexity index is 566. The van der Waals surface area contributed by atoms with Crippen molar-refractivity contribution in [2.75, 3.05) is 0 Å². The lowest BCUT2D eigenvalue weighted by Crippen LogP contribution is -2.17. The topological polar surface area (TPSA) is 35.2 Å². The molecule has 6 heteroatoms. The summed E-state index contributed by atoms with van der Waals surface area (Å²) in [6, 6.07) is 12.0. The van der Waals surface area contributed by atoms with Gasteiger partial charge in [-0.3, -0.25) is 0 Å². The number of alkyl halides is 3. The summed E-state index contributed by atoms with van der Waals surface area (Å²) >= 11 is 5.78. The molecule has 1 atom stereocenters. The van der Waals surface area contributed by atoms with Gasteiger partial charge in [0.1, 0.15) is 5.75 Å². The van der Waals surface area contributed by atoms with Gasteiger partial charge in [-0.25, -0.2) is 0 Å². The van der Waals surface area contributed by atoms with Crippen molar-refractivity contribution in [2.24, 2.45) is 5.73 Å². The van der Waals surface area contributed by atoms with Gasteiger partial charge in [-0.1, -0.05) is 35.9 Å². The predicted molar refractivity (Wildman–Crippen MR) is 70.6 cm³/mol. The Morgan fingerprint density at radius 2 is 1.35 bits per heavy atom. The van der Waals surface area contributed by atoms with E-state index in [0.717, 1.165) is 5.56 Å². The van der Waals surface area contributed by atoms with Crippen LogP contribution in [0.15, 0.2) is 48.5 Å². The third-order valence-electron chi connectivity index (χ3n) is 2.70. The van der Waals surface area contributed by atoms with Crippen molar-refractivity contribution >= 4 is 11.6 Å². The van der Waals surface area contributed by atoms with Crippen LogP contribution in [-0.4, -0.2) is 6.36 Å². The average molecular weight is 302 g/mol. The van der Waals surface area contributed by atoms with E-state index in [1.807, 2.05) is 0 Å². The molecule has 2 nitrogen and oxygen atoms in total. The summed E-state index contributed by atoms with van der Waals surface area (Å²) in [5, 5.41) is 0.592. The molecule has 0 heterocycles. The van der Waals surface area contributed by atoms with Gasteiger partial charge >= 0.3 is 6.36 Å². The van der Waals surface area contributed by atoms with Crippen LogP contribution in [0.3, 0.4) is 0 Å². The first kappa shape index (κ1) is 14.7. The Labute approximate surface area is 118 Å². The van der Waals surface area contributed by atoms with E-state index in [1.165, 1.54) is 24.3 Å². The summed E-state index contributed by atoms with van der Waals surface area (Å²) in [7, 11) is 0. The van der Waals surface area contributed by atoms with E-state index in [-0.39, 0.29) is 5.75 Å². The number of rotatable bonds is 3. The van der Waals surface area contributed by atoms with Crippen LogP contribution in [0.25, 0.3) is 0 Å². The van der Waals surface area contributed by atoms with Crippen molar-refractivity contribution < 1.29 is 17.9 Å². The molecule has 0 aliphatic heterocycles. The molecule has 0 amide bonds. The summed E-state index contributed by atoms with van der Waals surface area (Å²) in [6.45, 7) is 0. The largest absolute Gasteiger partial charge is 0.573 e. The second-order valence-electron chi connectivity index (χ2n) is 4.15. The van der Waals surface area contributed by atoms with Crippen molar-refractivity contribution in [3.63, 3.8) is 0 Å². The van der Waals surface area contributed by atoms with Crippen LogP contribution in [0, 0.1) is 0 Å². The fourth-order valence-electron chi connectivity index (χ4n) is 1.74. The van der Waals surface area contributed by atoms with Crippen LogP contribution in [-0.2, 0) is 0 Å². The van der Waals surface area contributed by atoms with Gasteiger partial charge in [-0.05, 0) is 35.4 Å². The summed E-state index contributed by atoms with van der Waals surface area (Å²) in [5.74, 6) is -0.274. The lowest BCUT2D eigenvalue weighted by Gasteiger charge is -2.14. The molecule has 0 bridgehead atoms. The zero-order valence-electron chi connectivity index (χ0n) is 10.2. The van der Waals surface area contributed by atoms with Gasteiger partial charge in [0.15, 0.2) is 0 Å². The van der Waals surface area contributed by atoms with Crippen LogP contribution in [0.1, 0.15) is 17.2 Å². The minimum atomic E-state index is -4.69. The highest BCUT2D eigenvalue weighted by atomic mass is 35.5. The maximum atomic E-state index is 12.0. The molecule has 2 N–H and O–H groups in total. The molecule has 106 valence electrons. The monoisotopic (exact) mass is 301 g/mol. The molecule has 2 rings (SSSR count). The minimum absolute atomic E-state index is 0.274. The quantitative estimate of drug-likeness (QED) is 0.918. The van der Waals surface area contributed by atoms with Crippen LogP contribution in [0.4, 0.5) is 13.2 Å². The summed E-state index contributed by atoms with van der Waals surface area (Å²) in [4.78, 5) is 0. The Morgan fingerprint density at radius 1 is 0.900 bits per heavy atom. The van der Waals surface area contributed by atoms with Crippen LogP contribution < -0.4 is 10.5 Å². The van der Waals surface area contributed by atoms with Gasteiger partial charge in [-0.15, -0.1) is 13.2 Å². The maximum absolute atomic E-state index is 12.0. The van der Waals surface area contributed by atoms with E-state index < -0.39 is 12.4 Å². The smallest absolute Gasteiger partial charge is 0.406 e. The number of ether oxygens (including phenoxy) is 1. The van der Waals surface area contributed by atoms with Crippen molar-refractivity contribution in [2.45, 2.75) is 12.4 Å². The molecular weight excluding hydrogens is 291 g/mol. The Morgan fingerprint density at radius 3 is 1.80 bits per heavy atom. The molecule has 0 fully saturated rings. The highest BCUT2D eigenvalue weighted by molar-refractivity contribution is 6.30. The minimum Gasteiger partial charge on any atom is -0.406 e. The fourth-order valence-corrected chi connectivity index (χ4v) is 1.87. The molecule has 0 saturated heterocycles. The second-order valence-corrected chi connectivity index (χ2v) is 4.58. The van der Waals surface area contributed by atoms with Crippen molar-refractivity contribution in [3.05, 3.63) is 64.7 Å². The van der Waals surface area contributed by atoms with E-state index in [9.17, 15) is 13.2 Å². The number of hydrogen-bond donors (Lipinski definition) is 1. The van der Waals surface area contributed by atoms with Crippen LogP contribution in [0.2, 0.25) is 5.02 Å². The van der Waals surface area contributed by atoms with Crippen molar-refractivity contribution in [1.82, 2.24) is 0 Å². The highest BCUT2D eigenvalue weighted by Crippen LogP contribution is 2.26. The first-order valence-electron chi connectivity index (χ1n) is 5.72. The summed E-state index contributed by atoms with van der Waals surface area (Å²) in [5.41, 5.74) is 7.54. The molecule has 0 radical (unpaired) electrons. The van der Waals surface area contributed by atoms with Crippen molar-refractivity contribution in [1.29, 1.82) is 0 Å². The van der Waals surface area contributed by atoms with E-state index in [0.29, 0.717) is 10.6 Å². The van der Waals surface area contributed by atoms with Crippen LogP contribution in [0.5, 0.6) is 5.75 Å². The van der Waals surface area contributed by atoms with Gasteiger partial charge in [0.25, 0.3) is 0 Å². The number of hydrogen-bond acceptors (Lipinski definition) is 2. The van der Waals surface area contributed by atoms with Gasteiger partial charge in [0.05, 0.1) is 6.04 Å². The van der Waals surface area contributed by atoms with E-state index >= 15 is 0 Å². The SMILES string of the molecule is N[C@H](c1ccc(Cl)cc1)c1ccc(OC(F)(F)F)cc1. The zero-order valence-corrected chi connectivity index (χ0v) is 10.9. The Kier molecular flexibility index (Phi) is 4.20. The van der Waals surface area contributed by atoms with E-state index in [2.05, 4.69) is 4.74 Å². The second kappa shape index (κ2) is 5.73. The van der Waals surface area contributed by atoms with E-state index in [1.54, 1.807) is 24.3 Å². The molecule has 20 heavy (non-hydrogen) atoms. The Hall–Kier alpha value is -1.72. The zero-order chi connectivity index (χ0) is 14.8. The lowest BCUT2D eigenvalue weighted by molar-refractivity contribution is -0.274. The molecule has 0 aliphatic rings. The third-order valence-corrected chi connectivity index (χ3v) is 2.95. The maximum Gasteiger partial charge on any atom is 0.573 e. The van der Waals surface area contributed by atoms with E-state index in [4.69, 9.17) is 17.3 Å².